The average molecular weight is 292 g/mol. The van der Waals surface area contributed by atoms with E-state index in [1.807, 2.05) is 0 Å². The van der Waals surface area contributed by atoms with Gasteiger partial charge in [-0.05, 0) is 24.3 Å². The lowest BCUT2D eigenvalue weighted by atomic mass is 10.2. The second-order valence-corrected chi connectivity index (χ2v) is 5.73. The third kappa shape index (κ3) is 2.01. The van der Waals surface area contributed by atoms with Gasteiger partial charge in [0.2, 0.25) is 5.90 Å². The molecule has 1 aliphatic rings. The van der Waals surface area contributed by atoms with Crippen LogP contribution in [0.1, 0.15) is 5.56 Å². The molecule has 1 heterocycles. The van der Waals surface area contributed by atoms with Crippen LogP contribution in [0.2, 0.25) is 0 Å². The van der Waals surface area contributed by atoms with Gasteiger partial charge in [-0.2, -0.15) is 8.42 Å². The van der Waals surface area contributed by atoms with E-state index < -0.39 is 15.8 Å². The molecule has 2 aromatic rings. The maximum atomic E-state index is 13.7. The molecular formula is C13H9FN2O3S. The van der Waals surface area contributed by atoms with Gasteiger partial charge in [-0.25, -0.2) is 4.39 Å². The molecule has 3 rings (SSSR count). The zero-order valence-corrected chi connectivity index (χ0v) is 10.9. The summed E-state index contributed by atoms with van der Waals surface area (Å²) in [4.78, 5) is 0.0471. The number of hydrogen-bond acceptors (Lipinski definition) is 4. The Labute approximate surface area is 114 Å². The van der Waals surface area contributed by atoms with Crippen molar-refractivity contribution >= 4 is 21.6 Å². The predicted molar refractivity (Wildman–Crippen MR) is 71.6 cm³/mol. The summed E-state index contributed by atoms with van der Waals surface area (Å²) in [6.07, 6.45) is 0. The summed E-state index contributed by atoms with van der Waals surface area (Å²) in [5.41, 5.74) is 5.99. The molecule has 0 amide bonds. The van der Waals surface area contributed by atoms with Crippen LogP contribution in [0.15, 0.2) is 51.8 Å². The molecule has 102 valence electrons. The molecular weight excluding hydrogens is 283 g/mol. The van der Waals surface area contributed by atoms with E-state index in [1.165, 1.54) is 18.2 Å². The van der Waals surface area contributed by atoms with E-state index >= 15 is 0 Å². The average Bonchev–Trinajstić information content (AvgIpc) is 2.65. The highest BCUT2D eigenvalue weighted by Gasteiger charge is 2.30. The van der Waals surface area contributed by atoms with Crippen molar-refractivity contribution < 1.29 is 17.5 Å². The molecule has 2 N–H and O–H groups in total. The van der Waals surface area contributed by atoms with Gasteiger partial charge in [0.15, 0.2) is 11.6 Å². The van der Waals surface area contributed by atoms with E-state index in [2.05, 4.69) is 4.40 Å². The van der Waals surface area contributed by atoms with Crippen LogP contribution < -0.4 is 10.5 Å². The van der Waals surface area contributed by atoms with Gasteiger partial charge in [-0.15, -0.1) is 4.40 Å². The first-order chi connectivity index (χ1) is 9.47. The number of hydrogen-bond donors (Lipinski definition) is 1. The number of ether oxygens (including phenoxy) is 1. The number of benzene rings is 2. The lowest BCUT2D eigenvalue weighted by Gasteiger charge is -2.06. The molecule has 0 spiro atoms. The van der Waals surface area contributed by atoms with Crippen molar-refractivity contribution in [3.05, 3.63) is 53.8 Å². The summed E-state index contributed by atoms with van der Waals surface area (Å²) < 4.78 is 46.1. The molecule has 0 aromatic heterocycles. The van der Waals surface area contributed by atoms with E-state index in [4.69, 9.17) is 10.5 Å². The summed E-state index contributed by atoms with van der Waals surface area (Å²) in [6, 6.07) is 10.1. The highest BCUT2D eigenvalue weighted by molar-refractivity contribution is 7.90. The molecule has 7 heteroatoms. The minimum Gasteiger partial charge on any atom is -0.435 e. The fourth-order valence-electron chi connectivity index (χ4n) is 1.85. The van der Waals surface area contributed by atoms with Gasteiger partial charge >= 0.3 is 0 Å². The Bertz CT molecular complexity index is 831. The van der Waals surface area contributed by atoms with E-state index in [0.717, 1.165) is 6.07 Å². The van der Waals surface area contributed by atoms with Crippen LogP contribution in [0.3, 0.4) is 0 Å². The Morgan fingerprint density at radius 3 is 2.65 bits per heavy atom. The number of nitrogens with two attached hydrogens (primary N) is 1. The molecule has 0 fully saturated rings. The summed E-state index contributed by atoms with van der Waals surface area (Å²) in [5.74, 6) is -0.969. The van der Waals surface area contributed by atoms with Crippen LogP contribution in [0.4, 0.5) is 10.1 Å². The summed E-state index contributed by atoms with van der Waals surface area (Å²) in [5, 5.41) is 0. The Kier molecular flexibility index (Phi) is 2.72. The Morgan fingerprint density at radius 1 is 1.15 bits per heavy atom. The number of rotatable bonds is 1. The molecule has 2 aromatic carbocycles. The number of anilines is 1. The zero-order valence-electron chi connectivity index (χ0n) is 10.1. The van der Waals surface area contributed by atoms with Crippen molar-refractivity contribution in [3.8, 4) is 5.75 Å². The quantitative estimate of drug-likeness (QED) is 0.814. The first-order valence-corrected chi connectivity index (χ1v) is 7.08. The fraction of sp³-hybridized carbons (Fsp3) is 0. The minimum absolute atomic E-state index is 0.0471. The van der Waals surface area contributed by atoms with E-state index in [1.54, 1.807) is 18.2 Å². The van der Waals surface area contributed by atoms with Crippen molar-refractivity contribution in [1.82, 2.24) is 0 Å². The summed E-state index contributed by atoms with van der Waals surface area (Å²) in [7, 11) is -3.78. The van der Waals surface area contributed by atoms with Gasteiger partial charge in [0.05, 0.1) is 5.56 Å². The summed E-state index contributed by atoms with van der Waals surface area (Å²) in [6.45, 7) is 0. The second kappa shape index (κ2) is 4.31. The number of fused-ring (bicyclic) bond motifs is 1. The Hall–Kier alpha value is -2.41. The first-order valence-electron chi connectivity index (χ1n) is 5.64. The zero-order chi connectivity index (χ0) is 14.3. The van der Waals surface area contributed by atoms with Crippen LogP contribution in [0, 0.1) is 5.82 Å². The summed E-state index contributed by atoms with van der Waals surface area (Å²) >= 11 is 0. The normalized spacial score (nSPS) is 15.6. The molecule has 20 heavy (non-hydrogen) atoms. The smallest absolute Gasteiger partial charge is 0.286 e. The topological polar surface area (TPSA) is 81.8 Å². The molecule has 1 aliphatic heterocycles. The molecule has 0 saturated carbocycles. The third-order valence-electron chi connectivity index (χ3n) is 2.76. The largest absolute Gasteiger partial charge is 0.435 e. The van der Waals surface area contributed by atoms with E-state index in [9.17, 15) is 12.8 Å². The van der Waals surface area contributed by atoms with Crippen molar-refractivity contribution in [2.45, 2.75) is 4.90 Å². The third-order valence-corrected chi connectivity index (χ3v) is 4.08. The standard InChI is InChI=1S/C13H9FN2O3S/c14-10-7-8(15)5-6-11(10)19-13-9-3-1-2-4-12(9)20(17,18)16-13/h1-7H,15H2. The van der Waals surface area contributed by atoms with Crippen LogP contribution in [0.25, 0.3) is 0 Å². The van der Waals surface area contributed by atoms with E-state index in [0.29, 0.717) is 5.56 Å². The number of sulfonamides is 1. The van der Waals surface area contributed by atoms with Gasteiger partial charge < -0.3 is 10.5 Å². The van der Waals surface area contributed by atoms with Crippen LogP contribution >= 0.6 is 0 Å². The van der Waals surface area contributed by atoms with Crippen molar-refractivity contribution in [1.29, 1.82) is 0 Å². The van der Waals surface area contributed by atoms with Gasteiger partial charge in [-0.3, -0.25) is 0 Å². The SMILES string of the molecule is Nc1ccc(OC2=NS(=O)(=O)c3ccccc32)c(F)c1. The van der Waals surface area contributed by atoms with Gasteiger partial charge in [0.25, 0.3) is 10.0 Å². The molecule has 0 aliphatic carbocycles. The maximum Gasteiger partial charge on any atom is 0.286 e. The van der Waals surface area contributed by atoms with E-state index in [-0.39, 0.29) is 22.2 Å². The monoisotopic (exact) mass is 292 g/mol. The number of nitrogen functional groups attached to an aromatic ring is 1. The van der Waals surface area contributed by atoms with Gasteiger partial charge in [0.1, 0.15) is 4.90 Å². The van der Waals surface area contributed by atoms with Gasteiger partial charge in [0, 0.05) is 11.8 Å². The number of nitrogens with zero attached hydrogens (tertiary/aromatic N) is 1. The lowest BCUT2D eigenvalue weighted by Crippen LogP contribution is -2.09. The molecule has 0 unspecified atom stereocenters. The second-order valence-electron chi connectivity index (χ2n) is 4.16. The van der Waals surface area contributed by atoms with Gasteiger partial charge in [-0.1, -0.05) is 12.1 Å². The molecule has 0 saturated heterocycles. The van der Waals surface area contributed by atoms with Crippen LogP contribution in [-0.4, -0.2) is 14.3 Å². The Morgan fingerprint density at radius 2 is 1.90 bits per heavy atom. The number of halogens is 1. The van der Waals surface area contributed by atoms with Crippen molar-refractivity contribution in [2.24, 2.45) is 4.40 Å². The maximum absolute atomic E-state index is 13.7. The fourth-order valence-corrected chi connectivity index (χ4v) is 2.99. The van der Waals surface area contributed by atoms with Crippen molar-refractivity contribution in [2.75, 3.05) is 5.73 Å². The van der Waals surface area contributed by atoms with Crippen molar-refractivity contribution in [3.63, 3.8) is 0 Å². The molecule has 0 radical (unpaired) electrons. The molecule has 0 bridgehead atoms. The van der Waals surface area contributed by atoms with Crippen LogP contribution in [-0.2, 0) is 10.0 Å². The first kappa shape index (κ1) is 12.6. The lowest BCUT2D eigenvalue weighted by molar-refractivity contribution is 0.493. The molecule has 0 atom stereocenters. The minimum atomic E-state index is -3.78. The highest BCUT2D eigenvalue weighted by atomic mass is 32.2. The predicted octanol–water partition coefficient (Wildman–Crippen LogP) is 1.94. The van der Waals surface area contributed by atoms with Crippen LogP contribution in [0.5, 0.6) is 5.75 Å². The molecule has 5 nitrogen and oxygen atoms in total. The highest BCUT2D eigenvalue weighted by Crippen LogP contribution is 2.28. The Balaban J connectivity index is 2.05.